The summed E-state index contributed by atoms with van der Waals surface area (Å²) in [6, 6.07) is 16.1. The second kappa shape index (κ2) is 6.78. The Morgan fingerprint density at radius 2 is 1.76 bits per heavy atom. The second-order valence-corrected chi connectivity index (χ2v) is 8.11. The van der Waals surface area contributed by atoms with E-state index in [1.807, 2.05) is 31.2 Å². The molecule has 1 heterocycles. The van der Waals surface area contributed by atoms with Crippen molar-refractivity contribution in [1.82, 2.24) is 0 Å². The van der Waals surface area contributed by atoms with Crippen molar-refractivity contribution in [3.8, 4) is 0 Å². The van der Waals surface area contributed by atoms with Crippen LogP contribution in [0.3, 0.4) is 0 Å². The van der Waals surface area contributed by atoms with Crippen LogP contribution in [0, 0.1) is 0 Å². The van der Waals surface area contributed by atoms with Crippen molar-refractivity contribution in [2.24, 2.45) is 0 Å². The molecular weight excluding hydrogens is 338 g/mol. The molecule has 2 aromatic rings. The number of benzene rings is 2. The number of aliphatic hydroxyl groups is 1. The average Bonchev–Trinajstić information content (AvgIpc) is 2.91. The fourth-order valence-electron chi connectivity index (χ4n) is 3.69. The van der Waals surface area contributed by atoms with Gasteiger partial charge in [0.15, 0.2) is 4.87 Å². The first-order chi connectivity index (χ1) is 11.9. The number of anilines is 1. The molecule has 5 nitrogen and oxygen atoms in total. The second-order valence-electron chi connectivity index (χ2n) is 6.48. The summed E-state index contributed by atoms with van der Waals surface area (Å²) < 4.78 is 35.5. The summed E-state index contributed by atoms with van der Waals surface area (Å²) in [6.07, 6.45) is 0.821. The molecule has 25 heavy (non-hydrogen) atoms. The Bertz CT molecular complexity index is 838. The standard InChI is InChI=1S/C19H23NO4S/c1-2-8-17(21)14-20-18-12-7-6-9-15(18)13-19(20,25(22,23)24)16-10-4-3-5-11-16/h3-7,9-12,17,21H,2,8,13-14H2,1H3,(H,22,23,24). The largest absolute Gasteiger partial charge is 0.391 e. The fourth-order valence-corrected chi connectivity index (χ4v) is 4.91. The minimum atomic E-state index is -4.48. The van der Waals surface area contributed by atoms with E-state index in [-0.39, 0.29) is 13.0 Å². The summed E-state index contributed by atoms with van der Waals surface area (Å²) in [5.41, 5.74) is 2.07. The normalized spacial score (nSPS) is 21.2. The van der Waals surface area contributed by atoms with Crippen LogP contribution >= 0.6 is 0 Å². The van der Waals surface area contributed by atoms with E-state index < -0.39 is 21.1 Å². The fraction of sp³-hybridized carbons (Fsp3) is 0.368. The van der Waals surface area contributed by atoms with Gasteiger partial charge in [0, 0.05) is 18.7 Å². The molecule has 2 aromatic carbocycles. The van der Waals surface area contributed by atoms with E-state index in [0.29, 0.717) is 12.0 Å². The molecule has 0 bridgehead atoms. The molecule has 134 valence electrons. The minimum absolute atomic E-state index is 0.138. The molecule has 2 atom stereocenters. The topological polar surface area (TPSA) is 77.8 Å². The molecule has 1 aliphatic rings. The lowest BCUT2D eigenvalue weighted by atomic mass is 10.0. The number of fused-ring (bicyclic) bond motifs is 1. The van der Waals surface area contributed by atoms with Crippen LogP contribution in [0.15, 0.2) is 54.6 Å². The van der Waals surface area contributed by atoms with Gasteiger partial charge >= 0.3 is 0 Å². The number of nitrogens with zero attached hydrogens (tertiary/aromatic N) is 1. The smallest absolute Gasteiger partial charge is 0.294 e. The van der Waals surface area contributed by atoms with E-state index in [9.17, 15) is 18.1 Å². The number of para-hydroxylation sites is 1. The summed E-state index contributed by atoms with van der Waals surface area (Å²) in [5, 5.41) is 10.4. The van der Waals surface area contributed by atoms with E-state index in [1.54, 1.807) is 35.2 Å². The Labute approximate surface area is 148 Å². The van der Waals surface area contributed by atoms with Crippen LogP contribution in [0.4, 0.5) is 5.69 Å². The highest BCUT2D eigenvalue weighted by Gasteiger charge is 2.54. The molecule has 0 saturated carbocycles. The first-order valence-electron chi connectivity index (χ1n) is 8.46. The maximum atomic E-state index is 12.6. The van der Waals surface area contributed by atoms with Gasteiger partial charge in [0.2, 0.25) is 0 Å². The van der Waals surface area contributed by atoms with Gasteiger partial charge in [0.05, 0.1) is 6.10 Å². The quantitative estimate of drug-likeness (QED) is 0.774. The number of hydrogen-bond acceptors (Lipinski definition) is 4. The molecule has 0 radical (unpaired) electrons. The third-order valence-electron chi connectivity index (χ3n) is 4.82. The Balaban J connectivity index is 2.19. The monoisotopic (exact) mass is 361 g/mol. The van der Waals surface area contributed by atoms with Crippen molar-refractivity contribution >= 4 is 15.8 Å². The minimum Gasteiger partial charge on any atom is -0.391 e. The molecule has 2 N–H and O–H groups in total. The highest BCUT2D eigenvalue weighted by molar-refractivity contribution is 7.87. The molecule has 0 amide bonds. The molecule has 1 aliphatic heterocycles. The number of aliphatic hydroxyl groups excluding tert-OH is 1. The van der Waals surface area contributed by atoms with Crippen LogP contribution in [0.2, 0.25) is 0 Å². The maximum Gasteiger partial charge on any atom is 0.294 e. The average molecular weight is 361 g/mol. The molecule has 0 spiro atoms. The highest BCUT2D eigenvalue weighted by atomic mass is 32.2. The van der Waals surface area contributed by atoms with Crippen LogP contribution < -0.4 is 4.90 Å². The van der Waals surface area contributed by atoms with E-state index in [1.165, 1.54) is 0 Å². The maximum absolute atomic E-state index is 12.6. The summed E-state index contributed by atoms with van der Waals surface area (Å²) in [5.74, 6) is 0. The highest BCUT2D eigenvalue weighted by Crippen LogP contribution is 2.48. The Hall–Kier alpha value is -1.89. The predicted molar refractivity (Wildman–Crippen MR) is 98.1 cm³/mol. The van der Waals surface area contributed by atoms with Crippen LogP contribution in [0.1, 0.15) is 30.9 Å². The Morgan fingerprint density at radius 1 is 1.12 bits per heavy atom. The first kappa shape index (κ1) is 17.9. The third-order valence-corrected chi connectivity index (χ3v) is 6.27. The predicted octanol–water partition coefficient (Wildman–Crippen LogP) is 2.95. The van der Waals surface area contributed by atoms with E-state index in [0.717, 1.165) is 17.7 Å². The molecule has 6 heteroatoms. The summed E-state index contributed by atoms with van der Waals surface area (Å²) in [6.45, 7) is 2.11. The number of rotatable bonds is 6. The summed E-state index contributed by atoms with van der Waals surface area (Å²) >= 11 is 0. The molecule has 0 aromatic heterocycles. The molecule has 3 rings (SSSR count). The van der Waals surface area contributed by atoms with Gasteiger partial charge < -0.3 is 10.0 Å². The lowest BCUT2D eigenvalue weighted by Crippen LogP contribution is -2.52. The van der Waals surface area contributed by atoms with Gasteiger partial charge in [-0.1, -0.05) is 61.9 Å². The zero-order chi connectivity index (χ0) is 18.1. The van der Waals surface area contributed by atoms with Gasteiger partial charge in [-0.05, 0) is 23.6 Å². The van der Waals surface area contributed by atoms with Gasteiger partial charge in [-0.15, -0.1) is 0 Å². The van der Waals surface area contributed by atoms with Gasteiger partial charge in [0.1, 0.15) is 0 Å². The van der Waals surface area contributed by atoms with E-state index in [4.69, 9.17) is 0 Å². The van der Waals surface area contributed by atoms with E-state index >= 15 is 0 Å². The van der Waals surface area contributed by atoms with E-state index in [2.05, 4.69) is 0 Å². The third kappa shape index (κ3) is 3.05. The van der Waals surface area contributed by atoms with Gasteiger partial charge in [0.25, 0.3) is 10.1 Å². The lowest BCUT2D eigenvalue weighted by Gasteiger charge is -2.39. The van der Waals surface area contributed by atoms with Crippen molar-refractivity contribution in [1.29, 1.82) is 0 Å². The van der Waals surface area contributed by atoms with Crippen molar-refractivity contribution in [3.05, 3.63) is 65.7 Å². The van der Waals surface area contributed by atoms with Crippen LogP contribution in [0.5, 0.6) is 0 Å². The SMILES string of the molecule is CCCC(O)CN1c2ccccc2CC1(c1ccccc1)S(=O)(=O)O. The summed E-state index contributed by atoms with van der Waals surface area (Å²) in [4.78, 5) is 0.0278. The molecule has 0 fully saturated rings. The molecule has 0 aliphatic carbocycles. The lowest BCUT2D eigenvalue weighted by molar-refractivity contribution is 0.164. The zero-order valence-electron chi connectivity index (χ0n) is 14.2. The van der Waals surface area contributed by atoms with Gasteiger partial charge in [-0.25, -0.2) is 0 Å². The Kier molecular flexibility index (Phi) is 4.86. The van der Waals surface area contributed by atoms with Crippen molar-refractivity contribution < 1.29 is 18.1 Å². The van der Waals surface area contributed by atoms with Gasteiger partial charge in [-0.2, -0.15) is 8.42 Å². The van der Waals surface area contributed by atoms with Crippen LogP contribution in [0.25, 0.3) is 0 Å². The van der Waals surface area contributed by atoms with Gasteiger partial charge in [-0.3, -0.25) is 4.55 Å². The summed E-state index contributed by atoms with van der Waals surface area (Å²) in [7, 11) is -4.48. The Morgan fingerprint density at radius 3 is 2.40 bits per heavy atom. The molecular formula is C19H23NO4S. The number of β-amino-alcohol motifs (C(OH)–C–C–N with tert-alkyl or cyclic N) is 1. The first-order valence-corrected chi connectivity index (χ1v) is 9.90. The van der Waals surface area contributed by atoms with Crippen molar-refractivity contribution in [2.75, 3.05) is 11.4 Å². The van der Waals surface area contributed by atoms with Crippen LogP contribution in [-0.2, 0) is 21.4 Å². The van der Waals surface area contributed by atoms with Crippen molar-refractivity contribution in [3.63, 3.8) is 0 Å². The van der Waals surface area contributed by atoms with Crippen molar-refractivity contribution in [2.45, 2.75) is 37.2 Å². The zero-order valence-corrected chi connectivity index (χ0v) is 15.0. The van der Waals surface area contributed by atoms with Crippen LogP contribution in [-0.4, -0.2) is 30.7 Å². The molecule has 0 saturated heterocycles. The molecule has 2 unspecified atom stereocenters. The number of hydrogen-bond donors (Lipinski definition) is 2.